The van der Waals surface area contributed by atoms with Crippen molar-refractivity contribution in [1.29, 1.82) is 0 Å². The summed E-state index contributed by atoms with van der Waals surface area (Å²) in [5, 5.41) is 10.1. The van der Waals surface area contributed by atoms with Crippen molar-refractivity contribution in [3.8, 4) is 5.88 Å². The summed E-state index contributed by atoms with van der Waals surface area (Å²) in [6.07, 6.45) is 0. The van der Waals surface area contributed by atoms with Gasteiger partial charge in [0, 0.05) is 10.9 Å². The zero-order valence-electron chi connectivity index (χ0n) is 8.48. The lowest BCUT2D eigenvalue weighted by atomic mass is 10.1. The number of methoxy groups -OCH3 is 1. The monoisotopic (exact) mass is 219 g/mol. The van der Waals surface area contributed by atoms with Crippen LogP contribution in [0.5, 0.6) is 5.88 Å². The molecular weight excluding hydrogens is 210 g/mol. The van der Waals surface area contributed by atoms with E-state index in [1.54, 1.807) is 24.3 Å². The molecule has 5 nitrogen and oxygen atoms in total. The van der Waals surface area contributed by atoms with E-state index in [9.17, 15) is 14.7 Å². The van der Waals surface area contributed by atoms with Gasteiger partial charge in [0.1, 0.15) is 0 Å². The molecule has 2 aromatic rings. The number of ether oxygens (including phenoxy) is 1. The van der Waals surface area contributed by atoms with Crippen molar-refractivity contribution in [3.05, 3.63) is 29.8 Å². The molecule has 1 heterocycles. The van der Waals surface area contributed by atoms with Crippen molar-refractivity contribution >= 4 is 22.7 Å². The number of ketones is 1. The van der Waals surface area contributed by atoms with Crippen LogP contribution in [-0.2, 0) is 9.53 Å². The maximum atomic E-state index is 11.6. The van der Waals surface area contributed by atoms with Gasteiger partial charge in [-0.15, -0.1) is 0 Å². The van der Waals surface area contributed by atoms with Gasteiger partial charge in [-0.25, -0.2) is 4.79 Å². The number of Topliss-reactive ketones (excluding diaryl/α,β-unsaturated/α-hetero) is 1. The first-order valence-corrected chi connectivity index (χ1v) is 4.57. The summed E-state index contributed by atoms with van der Waals surface area (Å²) in [6, 6.07) is 6.80. The number of aromatic amines is 1. The SMILES string of the molecule is COC(=O)C(=O)c1c(O)[nH]c2ccccc12. The third-order valence-electron chi connectivity index (χ3n) is 2.28. The number of para-hydroxylation sites is 1. The number of rotatable bonds is 2. The van der Waals surface area contributed by atoms with Crippen molar-refractivity contribution in [2.75, 3.05) is 7.11 Å². The van der Waals surface area contributed by atoms with Crippen molar-refractivity contribution in [1.82, 2.24) is 4.98 Å². The Balaban J connectivity index is 2.64. The van der Waals surface area contributed by atoms with Gasteiger partial charge < -0.3 is 14.8 Å². The summed E-state index contributed by atoms with van der Waals surface area (Å²) in [5.74, 6) is -2.19. The lowest BCUT2D eigenvalue weighted by molar-refractivity contribution is -0.135. The molecule has 2 rings (SSSR count). The molecule has 82 valence electrons. The summed E-state index contributed by atoms with van der Waals surface area (Å²) < 4.78 is 4.33. The molecule has 2 N–H and O–H groups in total. The number of aromatic hydroxyl groups is 1. The molecule has 0 unspecified atom stereocenters. The first-order valence-electron chi connectivity index (χ1n) is 4.57. The summed E-state index contributed by atoms with van der Waals surface area (Å²) >= 11 is 0. The van der Waals surface area contributed by atoms with E-state index in [2.05, 4.69) is 9.72 Å². The largest absolute Gasteiger partial charge is 0.494 e. The lowest BCUT2D eigenvalue weighted by Gasteiger charge is -1.97. The second-order valence-electron chi connectivity index (χ2n) is 3.21. The van der Waals surface area contributed by atoms with E-state index in [-0.39, 0.29) is 11.4 Å². The quantitative estimate of drug-likeness (QED) is 0.452. The molecule has 0 radical (unpaired) electrons. The number of carbonyl (C=O) groups excluding carboxylic acids is 2. The van der Waals surface area contributed by atoms with Gasteiger partial charge in [0.25, 0.3) is 5.78 Å². The Kier molecular flexibility index (Phi) is 2.36. The van der Waals surface area contributed by atoms with E-state index in [1.807, 2.05) is 0 Å². The highest BCUT2D eigenvalue weighted by atomic mass is 16.5. The normalized spacial score (nSPS) is 10.3. The average Bonchev–Trinajstić information content (AvgIpc) is 2.63. The summed E-state index contributed by atoms with van der Waals surface area (Å²) in [6.45, 7) is 0. The highest BCUT2D eigenvalue weighted by Crippen LogP contribution is 2.27. The molecule has 0 aliphatic rings. The Bertz CT molecular complexity index is 570. The maximum absolute atomic E-state index is 11.6. The van der Waals surface area contributed by atoms with Gasteiger partial charge in [-0.1, -0.05) is 18.2 Å². The molecular formula is C11H9NO4. The number of benzene rings is 1. The molecule has 0 atom stereocenters. The topological polar surface area (TPSA) is 79.4 Å². The minimum atomic E-state index is -1.000. The highest BCUT2D eigenvalue weighted by Gasteiger charge is 2.24. The van der Waals surface area contributed by atoms with E-state index < -0.39 is 11.8 Å². The maximum Gasteiger partial charge on any atom is 0.379 e. The summed E-state index contributed by atoms with van der Waals surface area (Å²) in [5.41, 5.74) is 0.537. The number of hydrogen-bond donors (Lipinski definition) is 2. The van der Waals surface area contributed by atoms with Crippen LogP contribution in [0.1, 0.15) is 10.4 Å². The molecule has 0 aliphatic carbocycles. The standard InChI is InChI=1S/C11H9NO4/c1-16-11(15)9(13)8-6-4-2-3-5-7(6)12-10(8)14/h2-5,12,14H,1H3. The van der Waals surface area contributed by atoms with Crippen LogP contribution in [0, 0.1) is 0 Å². The van der Waals surface area contributed by atoms with Crippen LogP contribution in [0.25, 0.3) is 10.9 Å². The molecule has 1 aromatic heterocycles. The van der Waals surface area contributed by atoms with Crippen LogP contribution in [-0.4, -0.2) is 29.0 Å². The minimum Gasteiger partial charge on any atom is -0.494 e. The molecule has 0 amide bonds. The van der Waals surface area contributed by atoms with Gasteiger partial charge in [-0.2, -0.15) is 0 Å². The van der Waals surface area contributed by atoms with E-state index in [0.29, 0.717) is 10.9 Å². The lowest BCUT2D eigenvalue weighted by Crippen LogP contribution is -2.15. The molecule has 0 aliphatic heterocycles. The van der Waals surface area contributed by atoms with E-state index in [1.165, 1.54) is 0 Å². The number of esters is 1. The zero-order chi connectivity index (χ0) is 11.7. The predicted octanol–water partition coefficient (Wildman–Crippen LogP) is 1.23. The predicted molar refractivity (Wildman–Crippen MR) is 56.3 cm³/mol. The van der Waals surface area contributed by atoms with Crippen molar-refractivity contribution < 1.29 is 19.4 Å². The average molecular weight is 219 g/mol. The van der Waals surface area contributed by atoms with Crippen LogP contribution < -0.4 is 0 Å². The van der Waals surface area contributed by atoms with Crippen molar-refractivity contribution in [2.24, 2.45) is 0 Å². The first-order chi connectivity index (χ1) is 7.65. The molecule has 0 spiro atoms. The third-order valence-corrected chi connectivity index (χ3v) is 2.28. The Labute approximate surface area is 90.6 Å². The Morgan fingerprint density at radius 1 is 1.31 bits per heavy atom. The van der Waals surface area contributed by atoms with E-state index in [4.69, 9.17) is 0 Å². The number of carbonyl (C=O) groups is 2. The molecule has 1 aromatic carbocycles. The molecule has 0 saturated heterocycles. The van der Waals surface area contributed by atoms with Gasteiger partial charge in [0.15, 0.2) is 0 Å². The van der Waals surface area contributed by atoms with Crippen LogP contribution in [0.3, 0.4) is 0 Å². The van der Waals surface area contributed by atoms with E-state index in [0.717, 1.165) is 7.11 Å². The summed E-state index contributed by atoms with van der Waals surface area (Å²) in [4.78, 5) is 25.3. The van der Waals surface area contributed by atoms with Gasteiger partial charge in [0.2, 0.25) is 5.88 Å². The Morgan fingerprint density at radius 3 is 2.69 bits per heavy atom. The zero-order valence-corrected chi connectivity index (χ0v) is 8.48. The number of fused-ring (bicyclic) bond motifs is 1. The number of hydrogen-bond acceptors (Lipinski definition) is 4. The molecule has 5 heteroatoms. The highest BCUT2D eigenvalue weighted by molar-refractivity contribution is 6.43. The molecule has 16 heavy (non-hydrogen) atoms. The van der Waals surface area contributed by atoms with E-state index >= 15 is 0 Å². The fourth-order valence-corrected chi connectivity index (χ4v) is 1.55. The van der Waals surface area contributed by atoms with Crippen LogP contribution in [0.2, 0.25) is 0 Å². The number of aromatic nitrogens is 1. The fourth-order valence-electron chi connectivity index (χ4n) is 1.55. The van der Waals surface area contributed by atoms with Gasteiger partial charge in [0.05, 0.1) is 12.7 Å². The molecule has 0 fully saturated rings. The van der Waals surface area contributed by atoms with Crippen molar-refractivity contribution in [3.63, 3.8) is 0 Å². The Morgan fingerprint density at radius 2 is 2.00 bits per heavy atom. The second kappa shape index (κ2) is 3.69. The van der Waals surface area contributed by atoms with Crippen LogP contribution >= 0.6 is 0 Å². The van der Waals surface area contributed by atoms with Gasteiger partial charge in [-0.3, -0.25) is 4.79 Å². The number of H-pyrrole nitrogens is 1. The second-order valence-corrected chi connectivity index (χ2v) is 3.21. The smallest absolute Gasteiger partial charge is 0.379 e. The van der Waals surface area contributed by atoms with Crippen molar-refractivity contribution in [2.45, 2.75) is 0 Å². The third kappa shape index (κ3) is 1.42. The Hall–Kier alpha value is -2.30. The van der Waals surface area contributed by atoms with Crippen LogP contribution in [0.4, 0.5) is 0 Å². The fraction of sp³-hybridized carbons (Fsp3) is 0.0909. The van der Waals surface area contributed by atoms with Gasteiger partial charge >= 0.3 is 5.97 Å². The van der Waals surface area contributed by atoms with Gasteiger partial charge in [-0.05, 0) is 6.07 Å². The van der Waals surface area contributed by atoms with Crippen LogP contribution in [0.15, 0.2) is 24.3 Å². The number of nitrogens with one attached hydrogen (secondary N) is 1. The molecule has 0 bridgehead atoms. The minimum absolute atomic E-state index is 0.0533. The summed E-state index contributed by atoms with van der Waals surface area (Å²) in [7, 11) is 1.12. The first kappa shape index (κ1) is 10.2. The molecule has 0 saturated carbocycles.